The first-order valence-corrected chi connectivity index (χ1v) is 6.37. The fourth-order valence-corrected chi connectivity index (χ4v) is 2.57. The maximum absolute atomic E-state index is 11.6. The first-order chi connectivity index (χ1) is 9.20. The molecule has 19 heavy (non-hydrogen) atoms. The van der Waals surface area contributed by atoms with E-state index in [4.69, 9.17) is 21.1 Å². The average Bonchev–Trinajstić information content (AvgIpc) is 2.40. The summed E-state index contributed by atoms with van der Waals surface area (Å²) in [7, 11) is 1.39. The summed E-state index contributed by atoms with van der Waals surface area (Å²) < 4.78 is 10.4. The number of amides is 1. The lowest BCUT2D eigenvalue weighted by Gasteiger charge is -2.56. The maximum atomic E-state index is 11.6. The first-order valence-electron chi connectivity index (χ1n) is 5.99. The maximum Gasteiger partial charge on any atom is 0.410 e. The van der Waals surface area contributed by atoms with E-state index >= 15 is 0 Å². The molecule has 1 aliphatic heterocycles. The Morgan fingerprint density at radius 2 is 2.32 bits per heavy atom. The van der Waals surface area contributed by atoms with E-state index in [0.29, 0.717) is 23.4 Å². The Bertz CT molecular complexity index is 517. The van der Waals surface area contributed by atoms with Crippen LogP contribution in [0.2, 0.25) is 5.15 Å². The van der Waals surface area contributed by atoms with Crippen LogP contribution in [0.15, 0.2) is 30.5 Å². The van der Waals surface area contributed by atoms with Gasteiger partial charge in [0.1, 0.15) is 17.5 Å². The Morgan fingerprint density at radius 1 is 1.47 bits per heavy atom. The zero-order valence-corrected chi connectivity index (χ0v) is 11.1. The molecule has 5 nitrogen and oxygen atoms in total. The SMILES string of the molecule is COC(=O)N1C2C=CC2[C@H]1COc1ccc(Cl)nc1. The largest absolute Gasteiger partial charge is 0.490 e. The molecule has 1 aromatic rings. The quantitative estimate of drug-likeness (QED) is 0.629. The minimum Gasteiger partial charge on any atom is -0.490 e. The first kappa shape index (κ1) is 12.3. The minimum absolute atomic E-state index is 0.0260. The zero-order valence-electron chi connectivity index (χ0n) is 10.3. The number of ether oxygens (including phenoxy) is 2. The zero-order chi connectivity index (χ0) is 13.4. The van der Waals surface area contributed by atoms with Gasteiger partial charge in [0.2, 0.25) is 0 Å². The van der Waals surface area contributed by atoms with Gasteiger partial charge in [-0.05, 0) is 12.1 Å². The molecule has 0 bridgehead atoms. The molecular weight excluding hydrogens is 268 g/mol. The van der Waals surface area contributed by atoms with Crippen molar-refractivity contribution in [3.63, 3.8) is 0 Å². The number of hydrogen-bond acceptors (Lipinski definition) is 4. The third kappa shape index (κ3) is 2.04. The second-order valence-electron chi connectivity index (χ2n) is 4.53. The molecule has 0 N–H and O–H groups in total. The molecule has 1 aromatic heterocycles. The molecular formula is C13H13ClN2O3. The predicted molar refractivity (Wildman–Crippen MR) is 69.2 cm³/mol. The molecule has 0 spiro atoms. The highest BCUT2D eigenvalue weighted by Gasteiger charge is 2.53. The van der Waals surface area contributed by atoms with Crippen LogP contribution in [0.3, 0.4) is 0 Å². The third-order valence-corrected chi connectivity index (χ3v) is 3.78. The molecule has 1 fully saturated rings. The van der Waals surface area contributed by atoms with Crippen molar-refractivity contribution in [2.45, 2.75) is 12.1 Å². The van der Waals surface area contributed by atoms with Crippen LogP contribution in [0.4, 0.5) is 4.79 Å². The van der Waals surface area contributed by atoms with Crippen LogP contribution in [-0.4, -0.2) is 41.8 Å². The number of pyridine rings is 1. The molecule has 1 saturated heterocycles. The van der Waals surface area contributed by atoms with E-state index in [1.54, 1.807) is 23.2 Å². The second kappa shape index (κ2) is 4.74. The Balaban J connectivity index is 1.62. The van der Waals surface area contributed by atoms with Gasteiger partial charge >= 0.3 is 6.09 Å². The van der Waals surface area contributed by atoms with Crippen LogP contribution < -0.4 is 4.74 Å². The van der Waals surface area contributed by atoms with Gasteiger partial charge in [0.25, 0.3) is 0 Å². The van der Waals surface area contributed by atoms with Crippen LogP contribution in [0.25, 0.3) is 0 Å². The van der Waals surface area contributed by atoms with Gasteiger partial charge in [-0.25, -0.2) is 9.78 Å². The fourth-order valence-electron chi connectivity index (χ4n) is 2.46. The van der Waals surface area contributed by atoms with E-state index < -0.39 is 0 Å². The lowest BCUT2D eigenvalue weighted by Crippen LogP contribution is -2.69. The molecule has 1 amide bonds. The van der Waals surface area contributed by atoms with Crippen molar-refractivity contribution in [2.75, 3.05) is 13.7 Å². The lowest BCUT2D eigenvalue weighted by molar-refractivity contribution is -0.0345. The number of halogens is 1. The number of nitrogens with zero attached hydrogens (tertiary/aromatic N) is 2. The molecule has 3 rings (SSSR count). The Morgan fingerprint density at radius 3 is 2.89 bits per heavy atom. The van der Waals surface area contributed by atoms with Gasteiger partial charge in [0.05, 0.1) is 25.4 Å². The van der Waals surface area contributed by atoms with Gasteiger partial charge in [-0.2, -0.15) is 0 Å². The number of methoxy groups -OCH3 is 1. The number of hydrogen-bond donors (Lipinski definition) is 0. The number of aromatic nitrogens is 1. The Kier molecular flexibility index (Phi) is 3.06. The van der Waals surface area contributed by atoms with Crippen molar-refractivity contribution < 1.29 is 14.3 Å². The van der Waals surface area contributed by atoms with Gasteiger partial charge in [0, 0.05) is 5.92 Å². The van der Waals surface area contributed by atoms with E-state index in [-0.39, 0.29) is 18.2 Å². The highest BCUT2D eigenvalue weighted by atomic mass is 35.5. The Labute approximate surface area is 115 Å². The highest BCUT2D eigenvalue weighted by molar-refractivity contribution is 6.29. The van der Waals surface area contributed by atoms with E-state index in [1.807, 2.05) is 6.08 Å². The van der Waals surface area contributed by atoms with Crippen molar-refractivity contribution in [1.82, 2.24) is 9.88 Å². The van der Waals surface area contributed by atoms with Crippen LogP contribution in [-0.2, 0) is 4.74 Å². The van der Waals surface area contributed by atoms with E-state index in [0.717, 1.165) is 0 Å². The molecule has 2 aliphatic rings. The summed E-state index contributed by atoms with van der Waals surface area (Å²) in [4.78, 5) is 17.3. The molecule has 2 heterocycles. The minimum atomic E-state index is -0.312. The fraction of sp³-hybridized carbons (Fsp3) is 0.385. The van der Waals surface area contributed by atoms with Crippen LogP contribution >= 0.6 is 11.6 Å². The normalized spacial score (nSPS) is 27.1. The number of carbonyl (C=O) groups is 1. The van der Waals surface area contributed by atoms with Gasteiger partial charge in [0.15, 0.2) is 0 Å². The molecule has 3 atom stereocenters. The number of carbonyl (C=O) groups excluding carboxylic acids is 1. The topological polar surface area (TPSA) is 51.7 Å². The second-order valence-corrected chi connectivity index (χ2v) is 4.91. The Hall–Kier alpha value is -1.75. The van der Waals surface area contributed by atoms with Crippen LogP contribution in [0.5, 0.6) is 5.75 Å². The van der Waals surface area contributed by atoms with Crippen LogP contribution in [0.1, 0.15) is 0 Å². The van der Waals surface area contributed by atoms with Crippen molar-refractivity contribution in [2.24, 2.45) is 5.92 Å². The average molecular weight is 281 g/mol. The smallest absolute Gasteiger partial charge is 0.410 e. The predicted octanol–water partition coefficient (Wildman–Crippen LogP) is 2.12. The van der Waals surface area contributed by atoms with Crippen molar-refractivity contribution in [3.8, 4) is 5.75 Å². The highest BCUT2D eigenvalue weighted by Crippen LogP contribution is 2.41. The summed E-state index contributed by atoms with van der Waals surface area (Å²) in [6, 6.07) is 3.62. The van der Waals surface area contributed by atoms with Crippen molar-refractivity contribution in [3.05, 3.63) is 35.6 Å². The van der Waals surface area contributed by atoms with Gasteiger partial charge in [-0.1, -0.05) is 23.8 Å². The third-order valence-electron chi connectivity index (χ3n) is 3.55. The number of rotatable bonds is 3. The summed E-state index contributed by atoms with van der Waals surface area (Å²) in [5.74, 6) is 1.01. The van der Waals surface area contributed by atoms with E-state index in [1.165, 1.54) is 7.11 Å². The lowest BCUT2D eigenvalue weighted by atomic mass is 9.72. The van der Waals surface area contributed by atoms with E-state index in [2.05, 4.69) is 11.1 Å². The summed E-state index contributed by atoms with van der Waals surface area (Å²) >= 11 is 5.70. The van der Waals surface area contributed by atoms with Gasteiger partial charge < -0.3 is 9.47 Å². The standard InChI is InChI=1S/C13H13ClN2O3/c1-18-13(17)16-10-4-3-9(10)11(16)7-19-8-2-5-12(14)15-6-8/h2-6,9-11H,7H2,1H3/t9?,10?,11-/m1/s1. The summed E-state index contributed by atoms with van der Waals surface area (Å²) in [5.41, 5.74) is 0. The van der Waals surface area contributed by atoms with Crippen LogP contribution in [0, 0.1) is 5.92 Å². The van der Waals surface area contributed by atoms with E-state index in [9.17, 15) is 4.79 Å². The molecule has 0 radical (unpaired) electrons. The molecule has 2 unspecified atom stereocenters. The number of likely N-dealkylation sites (tertiary alicyclic amines) is 1. The molecule has 0 aromatic carbocycles. The molecule has 0 saturated carbocycles. The van der Waals surface area contributed by atoms with Gasteiger partial charge in [-0.3, -0.25) is 4.90 Å². The van der Waals surface area contributed by atoms with Crippen molar-refractivity contribution >= 4 is 17.7 Å². The summed E-state index contributed by atoms with van der Waals surface area (Å²) in [5, 5.41) is 0.425. The molecule has 6 heteroatoms. The summed E-state index contributed by atoms with van der Waals surface area (Å²) in [6.45, 7) is 0.421. The van der Waals surface area contributed by atoms with Crippen molar-refractivity contribution in [1.29, 1.82) is 0 Å². The number of fused-ring (bicyclic) bond motifs is 1. The summed E-state index contributed by atoms with van der Waals surface area (Å²) in [6.07, 6.45) is 5.35. The monoisotopic (exact) mass is 280 g/mol. The molecule has 100 valence electrons. The molecule has 1 aliphatic carbocycles. The van der Waals surface area contributed by atoms with Gasteiger partial charge in [-0.15, -0.1) is 0 Å².